The number of hydrogen-bond acceptors (Lipinski definition) is 2. The lowest BCUT2D eigenvalue weighted by molar-refractivity contribution is -0.114. The number of primary amides is 1. The molecule has 1 aromatic rings. The first-order valence-electron chi connectivity index (χ1n) is 3.50. The standard InChI is InChI=1S/C9H10NO2/c1-12-8-4-2-3-7(5-8)6-9(10)11/h2-6H,1H3,(H2,10,11). The molecule has 1 radical (unpaired) electrons. The Kier molecular flexibility index (Phi) is 2.69. The zero-order valence-corrected chi connectivity index (χ0v) is 6.78. The molecule has 0 spiro atoms. The number of amides is 1. The van der Waals surface area contributed by atoms with Crippen LogP contribution in [0.1, 0.15) is 5.56 Å². The highest BCUT2D eigenvalue weighted by Crippen LogP contribution is 2.13. The summed E-state index contributed by atoms with van der Waals surface area (Å²) >= 11 is 0. The van der Waals surface area contributed by atoms with Gasteiger partial charge in [-0.05, 0) is 17.7 Å². The molecular formula is C9H10NO2. The van der Waals surface area contributed by atoms with Crippen LogP contribution in [0.4, 0.5) is 0 Å². The molecule has 12 heavy (non-hydrogen) atoms. The Morgan fingerprint density at radius 1 is 1.58 bits per heavy atom. The van der Waals surface area contributed by atoms with Gasteiger partial charge in [0.05, 0.1) is 13.5 Å². The monoisotopic (exact) mass is 164 g/mol. The van der Waals surface area contributed by atoms with Gasteiger partial charge in [0.15, 0.2) is 0 Å². The summed E-state index contributed by atoms with van der Waals surface area (Å²) in [7, 11) is 1.57. The molecule has 0 aliphatic carbocycles. The molecule has 3 nitrogen and oxygen atoms in total. The molecule has 1 aromatic carbocycles. The molecule has 1 amide bonds. The van der Waals surface area contributed by atoms with Crippen LogP contribution in [0.3, 0.4) is 0 Å². The fourth-order valence-electron chi connectivity index (χ4n) is 0.896. The number of methoxy groups -OCH3 is 1. The molecule has 0 unspecified atom stereocenters. The van der Waals surface area contributed by atoms with Gasteiger partial charge in [0.2, 0.25) is 5.91 Å². The Labute approximate surface area is 71.1 Å². The first-order chi connectivity index (χ1) is 5.72. The SMILES string of the molecule is COc1cccc([CH]C(N)=O)c1. The van der Waals surface area contributed by atoms with Crippen LogP contribution in [-0.2, 0) is 4.79 Å². The van der Waals surface area contributed by atoms with Gasteiger partial charge in [-0.15, -0.1) is 0 Å². The zero-order chi connectivity index (χ0) is 8.97. The van der Waals surface area contributed by atoms with Gasteiger partial charge in [-0.25, -0.2) is 0 Å². The third-order valence-corrected chi connectivity index (χ3v) is 1.40. The molecule has 2 N–H and O–H groups in total. The van der Waals surface area contributed by atoms with Crippen LogP contribution in [0.2, 0.25) is 0 Å². The second-order valence-electron chi connectivity index (χ2n) is 2.32. The summed E-state index contributed by atoms with van der Waals surface area (Å²) in [6.07, 6.45) is 1.35. The van der Waals surface area contributed by atoms with Crippen molar-refractivity contribution in [2.45, 2.75) is 0 Å². The van der Waals surface area contributed by atoms with Crippen LogP contribution >= 0.6 is 0 Å². The molecule has 0 saturated heterocycles. The molecule has 0 saturated carbocycles. The molecule has 0 aliphatic heterocycles. The van der Waals surface area contributed by atoms with Crippen molar-refractivity contribution in [3.63, 3.8) is 0 Å². The molecular weight excluding hydrogens is 154 g/mol. The largest absolute Gasteiger partial charge is 0.497 e. The highest BCUT2D eigenvalue weighted by Gasteiger charge is 1.99. The van der Waals surface area contributed by atoms with Crippen molar-refractivity contribution in [3.8, 4) is 5.75 Å². The number of rotatable bonds is 3. The molecule has 3 heteroatoms. The van der Waals surface area contributed by atoms with E-state index in [-0.39, 0.29) is 0 Å². The van der Waals surface area contributed by atoms with Crippen LogP contribution in [0, 0.1) is 6.42 Å². The maximum atomic E-state index is 10.5. The summed E-state index contributed by atoms with van der Waals surface area (Å²) in [5, 5.41) is 0. The minimum atomic E-state index is -0.455. The van der Waals surface area contributed by atoms with Crippen molar-refractivity contribution in [2.75, 3.05) is 7.11 Å². The molecule has 0 fully saturated rings. The predicted octanol–water partition coefficient (Wildman–Crippen LogP) is 0.733. The highest BCUT2D eigenvalue weighted by molar-refractivity contribution is 5.86. The van der Waals surface area contributed by atoms with Crippen LogP contribution < -0.4 is 10.5 Å². The lowest BCUT2D eigenvalue weighted by atomic mass is 10.1. The Bertz CT molecular complexity index is 284. The summed E-state index contributed by atoms with van der Waals surface area (Å²) in [4.78, 5) is 10.5. The first kappa shape index (κ1) is 8.59. The van der Waals surface area contributed by atoms with E-state index in [9.17, 15) is 4.79 Å². The molecule has 0 aromatic heterocycles. The smallest absolute Gasteiger partial charge is 0.226 e. The average Bonchev–Trinajstić information content (AvgIpc) is 2.03. The van der Waals surface area contributed by atoms with E-state index in [0.717, 1.165) is 5.56 Å². The molecule has 0 bridgehead atoms. The summed E-state index contributed by atoms with van der Waals surface area (Å²) in [5.74, 6) is 0.258. The fraction of sp³-hybridized carbons (Fsp3) is 0.111. The summed E-state index contributed by atoms with van der Waals surface area (Å²) < 4.78 is 4.96. The van der Waals surface area contributed by atoms with E-state index >= 15 is 0 Å². The number of nitrogens with two attached hydrogens (primary N) is 1. The second kappa shape index (κ2) is 3.76. The first-order valence-corrected chi connectivity index (χ1v) is 3.50. The molecule has 0 atom stereocenters. The topological polar surface area (TPSA) is 52.3 Å². The molecule has 63 valence electrons. The molecule has 1 rings (SSSR count). The van der Waals surface area contributed by atoms with Gasteiger partial charge in [-0.2, -0.15) is 0 Å². The van der Waals surface area contributed by atoms with E-state index in [0.29, 0.717) is 5.75 Å². The normalized spacial score (nSPS) is 9.42. The van der Waals surface area contributed by atoms with Crippen molar-refractivity contribution < 1.29 is 9.53 Å². The number of benzene rings is 1. The molecule has 0 heterocycles. The third-order valence-electron chi connectivity index (χ3n) is 1.40. The zero-order valence-electron chi connectivity index (χ0n) is 6.78. The van der Waals surface area contributed by atoms with Crippen molar-refractivity contribution in [3.05, 3.63) is 36.2 Å². The van der Waals surface area contributed by atoms with Crippen LogP contribution in [0.5, 0.6) is 5.75 Å². The minimum absolute atomic E-state index is 0.455. The van der Waals surface area contributed by atoms with Gasteiger partial charge in [0, 0.05) is 0 Å². The fourth-order valence-corrected chi connectivity index (χ4v) is 0.896. The van der Waals surface area contributed by atoms with Gasteiger partial charge in [-0.3, -0.25) is 4.79 Å². The highest BCUT2D eigenvalue weighted by atomic mass is 16.5. The van der Waals surface area contributed by atoms with Crippen molar-refractivity contribution >= 4 is 5.91 Å². The van der Waals surface area contributed by atoms with Gasteiger partial charge >= 0.3 is 0 Å². The summed E-state index contributed by atoms with van der Waals surface area (Å²) in [5.41, 5.74) is 5.73. The average molecular weight is 164 g/mol. The summed E-state index contributed by atoms with van der Waals surface area (Å²) in [6, 6.07) is 7.13. The van der Waals surface area contributed by atoms with E-state index in [1.54, 1.807) is 31.4 Å². The number of ether oxygens (including phenoxy) is 1. The Morgan fingerprint density at radius 3 is 2.92 bits per heavy atom. The van der Waals surface area contributed by atoms with E-state index in [1.165, 1.54) is 6.42 Å². The predicted molar refractivity (Wildman–Crippen MR) is 45.6 cm³/mol. The maximum absolute atomic E-state index is 10.5. The Morgan fingerprint density at radius 2 is 2.33 bits per heavy atom. The quantitative estimate of drug-likeness (QED) is 0.716. The van der Waals surface area contributed by atoms with Gasteiger partial charge in [0.1, 0.15) is 5.75 Å². The van der Waals surface area contributed by atoms with Crippen molar-refractivity contribution in [1.82, 2.24) is 0 Å². The molecule has 0 aliphatic rings. The van der Waals surface area contributed by atoms with E-state index < -0.39 is 5.91 Å². The van der Waals surface area contributed by atoms with Gasteiger partial charge in [0.25, 0.3) is 0 Å². The second-order valence-corrected chi connectivity index (χ2v) is 2.32. The minimum Gasteiger partial charge on any atom is -0.497 e. The maximum Gasteiger partial charge on any atom is 0.226 e. The van der Waals surface area contributed by atoms with Crippen molar-refractivity contribution in [2.24, 2.45) is 5.73 Å². The van der Waals surface area contributed by atoms with Crippen molar-refractivity contribution in [1.29, 1.82) is 0 Å². The lowest BCUT2D eigenvalue weighted by Crippen LogP contribution is -2.11. The van der Waals surface area contributed by atoms with Crippen LogP contribution in [-0.4, -0.2) is 13.0 Å². The Hall–Kier alpha value is -1.51. The van der Waals surface area contributed by atoms with E-state index in [1.807, 2.05) is 0 Å². The Balaban J connectivity index is 2.79. The van der Waals surface area contributed by atoms with Gasteiger partial charge < -0.3 is 10.5 Å². The summed E-state index contributed by atoms with van der Waals surface area (Å²) in [6.45, 7) is 0. The number of carbonyl (C=O) groups excluding carboxylic acids is 1. The van der Waals surface area contributed by atoms with Crippen LogP contribution in [0.25, 0.3) is 0 Å². The van der Waals surface area contributed by atoms with Crippen LogP contribution in [0.15, 0.2) is 24.3 Å². The van der Waals surface area contributed by atoms with Gasteiger partial charge in [-0.1, -0.05) is 12.1 Å². The van der Waals surface area contributed by atoms with E-state index in [2.05, 4.69) is 0 Å². The lowest BCUT2D eigenvalue weighted by Gasteiger charge is -2.01. The number of hydrogen-bond donors (Lipinski definition) is 1. The number of carbonyl (C=O) groups is 1. The van der Waals surface area contributed by atoms with E-state index in [4.69, 9.17) is 10.5 Å². The third kappa shape index (κ3) is 2.27.